The van der Waals surface area contributed by atoms with Gasteiger partial charge in [0.25, 0.3) is 10.1 Å². The molecule has 0 amide bonds. The molecule has 0 aliphatic carbocycles. The smallest absolute Gasteiger partial charge is 0.296 e. The number of rotatable bonds is 14. The summed E-state index contributed by atoms with van der Waals surface area (Å²) in [4.78, 5) is 0.238. The molecule has 0 aromatic heterocycles. The standard InChI is InChI=1S/C18H30O3S.C3H7N/c1-2-3-4-5-6-7-8-9-10-14-17-21-22(19,20)18-15-12-11-13-16-18;1-2-3-4/h11-13,15-16H,2-10,14,17H2,1H3;2H,1,3-4H2. The molecule has 2 N–H and O–H groups in total. The molecule has 1 aromatic rings. The first kappa shape index (κ1) is 24.8. The molecule has 0 aliphatic heterocycles. The highest BCUT2D eigenvalue weighted by atomic mass is 32.2. The molecule has 26 heavy (non-hydrogen) atoms. The van der Waals surface area contributed by atoms with E-state index in [-0.39, 0.29) is 11.5 Å². The van der Waals surface area contributed by atoms with Gasteiger partial charge in [0.15, 0.2) is 0 Å². The maximum Gasteiger partial charge on any atom is 0.296 e. The van der Waals surface area contributed by atoms with Crippen molar-refractivity contribution in [1.29, 1.82) is 0 Å². The lowest BCUT2D eigenvalue weighted by molar-refractivity contribution is 0.306. The maximum atomic E-state index is 11.9. The van der Waals surface area contributed by atoms with Crippen LogP contribution in [0.25, 0.3) is 0 Å². The third kappa shape index (κ3) is 14.0. The molecule has 0 saturated carbocycles. The quantitative estimate of drug-likeness (QED) is 0.264. The summed E-state index contributed by atoms with van der Waals surface area (Å²) in [6.07, 6.45) is 13.9. The van der Waals surface area contributed by atoms with Crippen LogP contribution in [0, 0.1) is 0 Å². The van der Waals surface area contributed by atoms with Crippen LogP contribution in [0.4, 0.5) is 0 Å². The number of unbranched alkanes of at least 4 members (excludes halogenated alkanes) is 9. The van der Waals surface area contributed by atoms with E-state index in [0.717, 1.165) is 12.8 Å². The topological polar surface area (TPSA) is 69.4 Å². The van der Waals surface area contributed by atoms with Gasteiger partial charge >= 0.3 is 0 Å². The van der Waals surface area contributed by atoms with E-state index in [1.165, 1.54) is 51.4 Å². The largest absolute Gasteiger partial charge is 0.327 e. The van der Waals surface area contributed by atoms with Crippen molar-refractivity contribution in [3.8, 4) is 0 Å². The van der Waals surface area contributed by atoms with Crippen molar-refractivity contribution in [2.45, 2.75) is 76.0 Å². The molecule has 0 unspecified atom stereocenters. The number of benzene rings is 1. The molecule has 5 heteroatoms. The fourth-order valence-corrected chi connectivity index (χ4v) is 3.38. The van der Waals surface area contributed by atoms with Gasteiger partial charge in [0.05, 0.1) is 11.5 Å². The van der Waals surface area contributed by atoms with Gasteiger partial charge in [-0.3, -0.25) is 4.18 Å². The van der Waals surface area contributed by atoms with E-state index in [1.54, 1.807) is 36.4 Å². The van der Waals surface area contributed by atoms with Crippen LogP contribution in [-0.4, -0.2) is 21.6 Å². The molecule has 150 valence electrons. The minimum absolute atomic E-state index is 0.238. The predicted octanol–water partition coefficient (Wildman–Crippen LogP) is 5.44. The first-order chi connectivity index (χ1) is 12.6. The van der Waals surface area contributed by atoms with Crippen molar-refractivity contribution in [2.75, 3.05) is 13.2 Å². The molecule has 0 spiro atoms. The highest BCUT2D eigenvalue weighted by Gasteiger charge is 2.13. The fourth-order valence-electron chi connectivity index (χ4n) is 2.41. The first-order valence-corrected chi connectivity index (χ1v) is 11.2. The van der Waals surface area contributed by atoms with Gasteiger partial charge in [0.1, 0.15) is 0 Å². The van der Waals surface area contributed by atoms with E-state index in [1.807, 2.05) is 0 Å². The highest BCUT2D eigenvalue weighted by Crippen LogP contribution is 2.13. The second-order valence-corrected chi connectivity index (χ2v) is 7.91. The van der Waals surface area contributed by atoms with Crippen molar-refractivity contribution in [3.05, 3.63) is 43.0 Å². The SMILES string of the molecule is C=CCN.CCCCCCCCCCCCOS(=O)(=O)c1ccccc1. The normalized spacial score (nSPS) is 10.8. The molecule has 1 rings (SSSR count). The molecule has 0 heterocycles. The van der Waals surface area contributed by atoms with Gasteiger partial charge in [-0.2, -0.15) is 8.42 Å². The van der Waals surface area contributed by atoms with E-state index in [2.05, 4.69) is 13.5 Å². The van der Waals surface area contributed by atoms with Gasteiger partial charge in [-0.05, 0) is 18.6 Å². The summed E-state index contributed by atoms with van der Waals surface area (Å²) >= 11 is 0. The summed E-state index contributed by atoms with van der Waals surface area (Å²) in [6.45, 7) is 6.46. The molecular weight excluding hydrogens is 346 g/mol. The zero-order valence-electron chi connectivity index (χ0n) is 16.4. The Hall–Kier alpha value is -1.17. The van der Waals surface area contributed by atoms with Gasteiger partial charge < -0.3 is 5.73 Å². The Kier molecular flexibility index (Phi) is 16.5. The van der Waals surface area contributed by atoms with E-state index in [9.17, 15) is 8.42 Å². The van der Waals surface area contributed by atoms with Gasteiger partial charge in [-0.1, -0.05) is 89.0 Å². The summed E-state index contributed by atoms with van der Waals surface area (Å²) in [6, 6.07) is 8.33. The minimum atomic E-state index is -3.57. The molecule has 0 atom stereocenters. The maximum absolute atomic E-state index is 11.9. The third-order valence-electron chi connectivity index (χ3n) is 3.93. The van der Waals surface area contributed by atoms with Crippen molar-refractivity contribution >= 4 is 10.1 Å². The third-order valence-corrected chi connectivity index (χ3v) is 5.26. The zero-order valence-corrected chi connectivity index (χ0v) is 17.2. The monoisotopic (exact) mass is 383 g/mol. The van der Waals surface area contributed by atoms with E-state index in [4.69, 9.17) is 9.92 Å². The highest BCUT2D eigenvalue weighted by molar-refractivity contribution is 7.86. The Labute approximate surface area is 161 Å². The fraction of sp³-hybridized carbons (Fsp3) is 0.619. The molecule has 0 radical (unpaired) electrons. The lowest BCUT2D eigenvalue weighted by Crippen LogP contribution is -2.07. The Morgan fingerprint density at radius 1 is 0.923 bits per heavy atom. The van der Waals surface area contributed by atoms with Crippen LogP contribution in [0.1, 0.15) is 71.1 Å². The zero-order chi connectivity index (χ0) is 19.5. The van der Waals surface area contributed by atoms with E-state index >= 15 is 0 Å². The van der Waals surface area contributed by atoms with Gasteiger partial charge in [0.2, 0.25) is 0 Å². The Bertz CT molecular complexity index is 529. The van der Waals surface area contributed by atoms with Crippen LogP contribution >= 0.6 is 0 Å². The number of hydrogen-bond acceptors (Lipinski definition) is 4. The van der Waals surface area contributed by atoms with E-state index < -0.39 is 10.1 Å². The summed E-state index contributed by atoms with van der Waals surface area (Å²) in [5.74, 6) is 0. The molecule has 0 saturated heterocycles. The predicted molar refractivity (Wildman–Crippen MR) is 111 cm³/mol. The summed E-state index contributed by atoms with van der Waals surface area (Å²) in [7, 11) is -3.57. The van der Waals surface area contributed by atoms with Crippen LogP contribution in [0.5, 0.6) is 0 Å². The molecule has 4 nitrogen and oxygen atoms in total. The minimum Gasteiger partial charge on any atom is -0.327 e. The summed E-state index contributed by atoms with van der Waals surface area (Å²) < 4.78 is 28.8. The summed E-state index contributed by atoms with van der Waals surface area (Å²) in [5, 5.41) is 0. The van der Waals surface area contributed by atoms with Gasteiger partial charge in [-0.15, -0.1) is 6.58 Å². The molecule has 0 aliphatic rings. The van der Waals surface area contributed by atoms with Crippen molar-refractivity contribution in [2.24, 2.45) is 5.73 Å². The van der Waals surface area contributed by atoms with Crippen molar-refractivity contribution in [1.82, 2.24) is 0 Å². The van der Waals surface area contributed by atoms with Crippen LogP contribution in [-0.2, 0) is 14.3 Å². The first-order valence-electron chi connectivity index (χ1n) is 9.84. The Morgan fingerprint density at radius 2 is 1.38 bits per heavy atom. The average Bonchev–Trinajstić information content (AvgIpc) is 2.67. The Balaban J connectivity index is 0.00000141. The lowest BCUT2D eigenvalue weighted by atomic mass is 10.1. The van der Waals surface area contributed by atoms with Gasteiger partial charge in [0, 0.05) is 6.54 Å². The lowest BCUT2D eigenvalue weighted by Gasteiger charge is -2.05. The van der Waals surface area contributed by atoms with Crippen molar-refractivity contribution in [3.63, 3.8) is 0 Å². The van der Waals surface area contributed by atoms with Gasteiger partial charge in [-0.25, -0.2) is 0 Å². The molecule has 0 bridgehead atoms. The molecule has 0 fully saturated rings. The molecular formula is C21H37NO3S. The van der Waals surface area contributed by atoms with Crippen LogP contribution < -0.4 is 5.73 Å². The van der Waals surface area contributed by atoms with Crippen LogP contribution in [0.2, 0.25) is 0 Å². The van der Waals surface area contributed by atoms with Crippen LogP contribution in [0.3, 0.4) is 0 Å². The van der Waals surface area contributed by atoms with Crippen LogP contribution in [0.15, 0.2) is 47.9 Å². The number of hydrogen-bond donors (Lipinski definition) is 1. The second kappa shape index (κ2) is 17.3. The second-order valence-electron chi connectivity index (χ2n) is 6.30. The average molecular weight is 384 g/mol. The molecule has 1 aromatic carbocycles. The van der Waals surface area contributed by atoms with Crippen molar-refractivity contribution < 1.29 is 12.6 Å². The number of nitrogens with two attached hydrogens (primary N) is 1. The van der Waals surface area contributed by atoms with E-state index in [0.29, 0.717) is 6.54 Å². The summed E-state index contributed by atoms with van der Waals surface area (Å²) in [5.41, 5.74) is 4.91. The Morgan fingerprint density at radius 3 is 1.85 bits per heavy atom.